The van der Waals surface area contributed by atoms with Gasteiger partial charge >= 0.3 is 0 Å². The van der Waals surface area contributed by atoms with Gasteiger partial charge < -0.3 is 0 Å². The molecule has 0 aromatic carbocycles. The SMILES string of the molecule is CC1CCCN(S(=O)(=O)N2CCS(=O)C(C)(C)C2)C1. The molecular weight excluding hydrogens is 284 g/mol. The van der Waals surface area contributed by atoms with E-state index in [0.717, 1.165) is 12.8 Å². The lowest BCUT2D eigenvalue weighted by Gasteiger charge is -2.40. The first-order chi connectivity index (χ1) is 8.73. The standard InChI is InChI=1S/C12H24N2O3S2/c1-11-5-4-6-13(9-11)19(16,17)14-7-8-18(15)12(2,3)10-14/h11H,4-10H2,1-3H3. The van der Waals surface area contributed by atoms with Gasteiger partial charge in [0.15, 0.2) is 0 Å². The number of hydrogen-bond donors (Lipinski definition) is 0. The Labute approximate surface area is 119 Å². The van der Waals surface area contributed by atoms with Gasteiger partial charge in [-0.3, -0.25) is 4.21 Å². The average Bonchev–Trinajstić information content (AvgIpc) is 2.32. The van der Waals surface area contributed by atoms with Crippen LogP contribution in [-0.4, -0.2) is 57.9 Å². The Balaban J connectivity index is 2.14. The molecule has 2 aliphatic heterocycles. The second kappa shape index (κ2) is 5.42. The Kier molecular flexibility index (Phi) is 4.40. The minimum Gasteiger partial charge on any atom is -0.259 e. The van der Waals surface area contributed by atoms with E-state index < -0.39 is 25.8 Å². The lowest BCUT2D eigenvalue weighted by atomic mass is 10.0. The van der Waals surface area contributed by atoms with E-state index >= 15 is 0 Å². The molecule has 0 aromatic rings. The Morgan fingerprint density at radius 3 is 2.47 bits per heavy atom. The first kappa shape index (κ1) is 15.4. The summed E-state index contributed by atoms with van der Waals surface area (Å²) in [4.78, 5) is 0. The summed E-state index contributed by atoms with van der Waals surface area (Å²) in [5.74, 6) is 0.866. The first-order valence-corrected chi connectivity index (χ1v) is 9.59. The van der Waals surface area contributed by atoms with Crippen LogP contribution in [0.3, 0.4) is 0 Å². The molecule has 2 rings (SSSR count). The van der Waals surface area contributed by atoms with Gasteiger partial charge in [-0.05, 0) is 32.6 Å². The molecule has 112 valence electrons. The predicted molar refractivity (Wildman–Crippen MR) is 77.6 cm³/mol. The van der Waals surface area contributed by atoms with Crippen molar-refractivity contribution < 1.29 is 12.6 Å². The summed E-state index contributed by atoms with van der Waals surface area (Å²) >= 11 is 0. The van der Waals surface area contributed by atoms with E-state index in [0.29, 0.717) is 37.8 Å². The molecule has 0 amide bonds. The lowest BCUT2D eigenvalue weighted by Crippen LogP contribution is -2.56. The van der Waals surface area contributed by atoms with Crippen molar-refractivity contribution >= 4 is 21.0 Å². The topological polar surface area (TPSA) is 57.7 Å². The molecule has 2 unspecified atom stereocenters. The number of hydrogen-bond acceptors (Lipinski definition) is 3. The number of nitrogens with zero attached hydrogens (tertiary/aromatic N) is 2. The van der Waals surface area contributed by atoms with E-state index in [1.165, 1.54) is 4.31 Å². The highest BCUT2D eigenvalue weighted by Crippen LogP contribution is 2.26. The highest BCUT2D eigenvalue weighted by atomic mass is 32.2. The van der Waals surface area contributed by atoms with Crippen LogP contribution in [0.1, 0.15) is 33.6 Å². The maximum Gasteiger partial charge on any atom is 0.282 e. The van der Waals surface area contributed by atoms with Gasteiger partial charge in [-0.25, -0.2) is 0 Å². The number of piperidine rings is 1. The molecule has 7 heteroatoms. The van der Waals surface area contributed by atoms with Crippen LogP contribution in [0, 0.1) is 5.92 Å². The largest absolute Gasteiger partial charge is 0.282 e. The maximum atomic E-state index is 12.6. The molecule has 0 N–H and O–H groups in total. The molecule has 5 nitrogen and oxygen atoms in total. The molecule has 2 fully saturated rings. The quantitative estimate of drug-likeness (QED) is 0.758. The molecule has 2 saturated heterocycles. The third-order valence-electron chi connectivity index (χ3n) is 3.97. The minimum atomic E-state index is -3.38. The van der Waals surface area contributed by atoms with Crippen molar-refractivity contribution in [3.8, 4) is 0 Å². The van der Waals surface area contributed by atoms with Crippen LogP contribution in [0.2, 0.25) is 0 Å². The summed E-state index contributed by atoms with van der Waals surface area (Å²) in [7, 11) is -4.32. The van der Waals surface area contributed by atoms with Gasteiger partial charge in [0, 0.05) is 42.7 Å². The van der Waals surface area contributed by atoms with Crippen molar-refractivity contribution in [3.05, 3.63) is 0 Å². The second-order valence-electron chi connectivity index (χ2n) is 6.26. The van der Waals surface area contributed by atoms with Crippen molar-refractivity contribution in [2.24, 2.45) is 5.92 Å². The van der Waals surface area contributed by atoms with Gasteiger partial charge in [0.1, 0.15) is 0 Å². The summed E-state index contributed by atoms with van der Waals surface area (Å²) in [5, 5.41) is 0. The smallest absolute Gasteiger partial charge is 0.259 e. The third kappa shape index (κ3) is 3.20. The van der Waals surface area contributed by atoms with Gasteiger partial charge in [-0.2, -0.15) is 17.0 Å². The molecule has 2 heterocycles. The van der Waals surface area contributed by atoms with E-state index in [2.05, 4.69) is 6.92 Å². The summed E-state index contributed by atoms with van der Waals surface area (Å²) in [6.07, 6.45) is 2.03. The molecule has 0 radical (unpaired) electrons. The van der Waals surface area contributed by atoms with E-state index in [1.807, 2.05) is 13.8 Å². The van der Waals surface area contributed by atoms with Crippen LogP contribution in [0.25, 0.3) is 0 Å². The van der Waals surface area contributed by atoms with E-state index in [-0.39, 0.29) is 0 Å². The van der Waals surface area contributed by atoms with Crippen molar-refractivity contribution in [1.29, 1.82) is 0 Å². The fraction of sp³-hybridized carbons (Fsp3) is 1.00. The van der Waals surface area contributed by atoms with Crippen molar-refractivity contribution in [1.82, 2.24) is 8.61 Å². The van der Waals surface area contributed by atoms with Crippen LogP contribution < -0.4 is 0 Å². The zero-order chi connectivity index (χ0) is 14.3. The Bertz CT molecular complexity index is 462. The molecule has 2 atom stereocenters. The molecule has 2 aliphatic rings. The van der Waals surface area contributed by atoms with Gasteiger partial charge in [0.05, 0.1) is 4.75 Å². The molecule has 0 saturated carbocycles. The Morgan fingerprint density at radius 1 is 1.21 bits per heavy atom. The van der Waals surface area contributed by atoms with Crippen molar-refractivity contribution in [2.75, 3.05) is 31.9 Å². The second-order valence-corrected chi connectivity index (χ2v) is 10.4. The summed E-state index contributed by atoms with van der Waals surface area (Å²) < 4.78 is 39.8. The minimum absolute atomic E-state index is 0.354. The Morgan fingerprint density at radius 2 is 1.89 bits per heavy atom. The van der Waals surface area contributed by atoms with Crippen LogP contribution in [0.4, 0.5) is 0 Å². The van der Waals surface area contributed by atoms with Crippen LogP contribution in [0.5, 0.6) is 0 Å². The molecule has 0 spiro atoms. The highest BCUT2D eigenvalue weighted by molar-refractivity contribution is 7.88. The normalized spacial score (nSPS) is 34.3. The van der Waals surface area contributed by atoms with Gasteiger partial charge in [0.25, 0.3) is 10.2 Å². The summed E-state index contributed by atoms with van der Waals surface area (Å²) in [5.41, 5.74) is 0. The highest BCUT2D eigenvalue weighted by Gasteiger charge is 2.41. The van der Waals surface area contributed by atoms with Gasteiger partial charge in [-0.1, -0.05) is 6.92 Å². The monoisotopic (exact) mass is 308 g/mol. The molecular formula is C12H24N2O3S2. The fourth-order valence-electron chi connectivity index (χ4n) is 2.75. The Hall–Kier alpha value is 0.0200. The maximum absolute atomic E-state index is 12.6. The molecule has 0 bridgehead atoms. The van der Waals surface area contributed by atoms with Crippen LogP contribution >= 0.6 is 0 Å². The van der Waals surface area contributed by atoms with Crippen LogP contribution in [-0.2, 0) is 21.0 Å². The summed E-state index contributed by atoms with van der Waals surface area (Å²) in [6.45, 7) is 7.81. The predicted octanol–water partition coefficient (Wildman–Crippen LogP) is 0.806. The molecule has 0 aliphatic carbocycles. The first-order valence-electron chi connectivity index (χ1n) is 6.87. The molecule has 19 heavy (non-hydrogen) atoms. The third-order valence-corrected chi connectivity index (χ3v) is 7.84. The lowest BCUT2D eigenvalue weighted by molar-refractivity contribution is 0.254. The molecule has 0 aromatic heterocycles. The fourth-order valence-corrected chi connectivity index (χ4v) is 6.13. The van der Waals surface area contributed by atoms with Crippen LogP contribution in [0.15, 0.2) is 0 Å². The zero-order valence-corrected chi connectivity index (χ0v) is 13.6. The van der Waals surface area contributed by atoms with E-state index in [9.17, 15) is 12.6 Å². The summed E-state index contributed by atoms with van der Waals surface area (Å²) in [6, 6.07) is 0. The van der Waals surface area contributed by atoms with E-state index in [4.69, 9.17) is 0 Å². The van der Waals surface area contributed by atoms with Crippen molar-refractivity contribution in [2.45, 2.75) is 38.4 Å². The zero-order valence-electron chi connectivity index (χ0n) is 12.0. The van der Waals surface area contributed by atoms with E-state index in [1.54, 1.807) is 4.31 Å². The van der Waals surface area contributed by atoms with Gasteiger partial charge in [-0.15, -0.1) is 0 Å². The number of rotatable bonds is 2. The van der Waals surface area contributed by atoms with Crippen molar-refractivity contribution in [3.63, 3.8) is 0 Å². The average molecular weight is 308 g/mol. The van der Waals surface area contributed by atoms with Gasteiger partial charge in [0.2, 0.25) is 0 Å².